The van der Waals surface area contributed by atoms with Gasteiger partial charge < -0.3 is 5.73 Å². The molecule has 2 unspecified atom stereocenters. The zero-order chi connectivity index (χ0) is 14.9. The fraction of sp³-hybridized carbons (Fsp3) is 0.769. The number of nitrogens with one attached hydrogen (secondary N) is 1. The molecule has 114 valence electrons. The molecular formula is C13H24N4O2S. The maximum absolute atomic E-state index is 12.9. The molecular weight excluding hydrogens is 276 g/mol. The molecule has 20 heavy (non-hydrogen) atoms. The molecule has 1 saturated heterocycles. The molecule has 0 radical (unpaired) electrons. The largest absolute Gasteiger partial charge is 0.329 e. The van der Waals surface area contributed by atoms with Crippen LogP contribution >= 0.6 is 0 Å². The van der Waals surface area contributed by atoms with Crippen LogP contribution < -0.4 is 5.73 Å². The van der Waals surface area contributed by atoms with Crippen molar-refractivity contribution in [2.45, 2.75) is 51.0 Å². The predicted molar refractivity (Wildman–Crippen MR) is 77.8 cm³/mol. The van der Waals surface area contributed by atoms with Crippen LogP contribution in [0.5, 0.6) is 0 Å². The van der Waals surface area contributed by atoms with Crippen LogP contribution in [0.25, 0.3) is 0 Å². The van der Waals surface area contributed by atoms with E-state index in [0.29, 0.717) is 35.3 Å². The fourth-order valence-corrected chi connectivity index (χ4v) is 5.05. The standard InChI is InChI=1S/C13H24N4O2S/c1-4-11-5-6-17(12(7-11)8-14)20(18,19)13-9(2)15-16-10(13)3/h11-12H,4-8,14H2,1-3H3,(H,15,16). The number of H-pyrrole nitrogens is 1. The third-order valence-electron chi connectivity index (χ3n) is 4.25. The molecule has 7 heteroatoms. The van der Waals surface area contributed by atoms with Gasteiger partial charge in [-0.15, -0.1) is 0 Å². The zero-order valence-corrected chi connectivity index (χ0v) is 13.2. The van der Waals surface area contributed by atoms with Gasteiger partial charge in [-0.25, -0.2) is 8.42 Å². The lowest BCUT2D eigenvalue weighted by Crippen LogP contribution is -2.49. The quantitative estimate of drug-likeness (QED) is 0.873. The summed E-state index contributed by atoms with van der Waals surface area (Å²) >= 11 is 0. The van der Waals surface area contributed by atoms with Crippen molar-refractivity contribution in [3.8, 4) is 0 Å². The lowest BCUT2D eigenvalue weighted by Gasteiger charge is -2.37. The monoisotopic (exact) mass is 300 g/mol. The average molecular weight is 300 g/mol. The van der Waals surface area contributed by atoms with Gasteiger partial charge in [-0.3, -0.25) is 5.10 Å². The highest BCUT2D eigenvalue weighted by Crippen LogP contribution is 2.31. The third kappa shape index (κ3) is 2.62. The first-order chi connectivity index (χ1) is 9.41. The minimum atomic E-state index is -3.51. The molecule has 2 heterocycles. The molecule has 0 aromatic carbocycles. The van der Waals surface area contributed by atoms with Crippen LogP contribution in [0.1, 0.15) is 37.6 Å². The Balaban J connectivity index is 2.34. The molecule has 6 nitrogen and oxygen atoms in total. The van der Waals surface area contributed by atoms with Gasteiger partial charge in [-0.2, -0.15) is 9.40 Å². The van der Waals surface area contributed by atoms with Crippen molar-refractivity contribution in [2.24, 2.45) is 11.7 Å². The van der Waals surface area contributed by atoms with Crippen LogP contribution in [0, 0.1) is 19.8 Å². The molecule has 0 spiro atoms. The van der Waals surface area contributed by atoms with E-state index >= 15 is 0 Å². The maximum atomic E-state index is 12.9. The Kier molecular flexibility index (Phi) is 4.51. The van der Waals surface area contributed by atoms with Crippen molar-refractivity contribution in [3.05, 3.63) is 11.4 Å². The second-order valence-corrected chi connectivity index (χ2v) is 7.39. The molecule has 0 aliphatic carbocycles. The minimum absolute atomic E-state index is 0.104. The summed E-state index contributed by atoms with van der Waals surface area (Å²) in [7, 11) is -3.51. The van der Waals surface area contributed by atoms with E-state index in [1.165, 1.54) is 0 Å². The van der Waals surface area contributed by atoms with Gasteiger partial charge in [0.05, 0.1) is 11.4 Å². The molecule has 1 aliphatic rings. The van der Waals surface area contributed by atoms with E-state index in [4.69, 9.17) is 5.73 Å². The molecule has 3 N–H and O–H groups in total. The van der Waals surface area contributed by atoms with Gasteiger partial charge in [0.25, 0.3) is 0 Å². The first-order valence-electron chi connectivity index (χ1n) is 7.15. The van der Waals surface area contributed by atoms with Gasteiger partial charge in [-0.1, -0.05) is 13.3 Å². The summed E-state index contributed by atoms with van der Waals surface area (Å²) in [6.45, 7) is 6.51. The highest BCUT2D eigenvalue weighted by Gasteiger charge is 2.37. The molecule has 0 saturated carbocycles. The molecule has 1 aromatic rings. The molecule has 2 rings (SSSR count). The number of aromatic amines is 1. The Labute approximate surface area is 120 Å². The van der Waals surface area contributed by atoms with E-state index in [1.807, 2.05) is 0 Å². The summed E-state index contributed by atoms with van der Waals surface area (Å²) in [5.74, 6) is 0.571. The Morgan fingerprint density at radius 2 is 2.15 bits per heavy atom. The smallest absolute Gasteiger partial charge is 0.247 e. The molecule has 0 amide bonds. The number of sulfonamides is 1. The SMILES string of the molecule is CCC1CCN(S(=O)(=O)c2c(C)n[nH]c2C)C(CN)C1. The summed E-state index contributed by atoms with van der Waals surface area (Å²) in [5.41, 5.74) is 6.92. The van der Waals surface area contributed by atoms with Crippen molar-refractivity contribution in [3.63, 3.8) is 0 Å². The number of rotatable bonds is 4. The summed E-state index contributed by atoms with van der Waals surface area (Å²) in [6.07, 6.45) is 2.83. The van der Waals surface area contributed by atoms with Gasteiger partial charge in [0, 0.05) is 19.1 Å². The van der Waals surface area contributed by atoms with Crippen molar-refractivity contribution < 1.29 is 8.42 Å². The van der Waals surface area contributed by atoms with Gasteiger partial charge in [0.1, 0.15) is 4.90 Å². The Morgan fingerprint density at radius 1 is 1.45 bits per heavy atom. The Hall–Kier alpha value is -0.920. The minimum Gasteiger partial charge on any atom is -0.329 e. The van der Waals surface area contributed by atoms with E-state index in [1.54, 1.807) is 18.2 Å². The second kappa shape index (κ2) is 5.83. The van der Waals surface area contributed by atoms with Crippen LogP contribution in [0.3, 0.4) is 0 Å². The molecule has 1 aromatic heterocycles. The van der Waals surface area contributed by atoms with Gasteiger partial charge in [0.15, 0.2) is 0 Å². The van der Waals surface area contributed by atoms with E-state index in [0.717, 1.165) is 19.3 Å². The lowest BCUT2D eigenvalue weighted by molar-refractivity contribution is 0.197. The number of piperidine rings is 1. The van der Waals surface area contributed by atoms with Crippen molar-refractivity contribution in [1.29, 1.82) is 0 Å². The maximum Gasteiger partial charge on any atom is 0.247 e. The van der Waals surface area contributed by atoms with Crippen LogP contribution in [-0.2, 0) is 10.0 Å². The van der Waals surface area contributed by atoms with E-state index in [2.05, 4.69) is 17.1 Å². The molecule has 2 atom stereocenters. The van der Waals surface area contributed by atoms with E-state index in [9.17, 15) is 8.42 Å². The molecule has 1 aliphatic heterocycles. The lowest BCUT2D eigenvalue weighted by atomic mass is 9.90. The highest BCUT2D eigenvalue weighted by molar-refractivity contribution is 7.89. The summed E-state index contributed by atoms with van der Waals surface area (Å²) in [5, 5.41) is 6.75. The predicted octanol–water partition coefficient (Wildman–Crippen LogP) is 1.16. The first-order valence-corrected chi connectivity index (χ1v) is 8.59. The molecule has 1 fully saturated rings. The van der Waals surface area contributed by atoms with Crippen LogP contribution in [0.2, 0.25) is 0 Å². The normalized spacial score (nSPS) is 25.0. The Morgan fingerprint density at radius 3 is 2.65 bits per heavy atom. The zero-order valence-electron chi connectivity index (χ0n) is 12.4. The number of aryl methyl sites for hydroxylation is 2. The number of hydrogen-bond donors (Lipinski definition) is 2. The van der Waals surface area contributed by atoms with Crippen LogP contribution in [-0.4, -0.2) is 42.1 Å². The fourth-order valence-electron chi connectivity index (χ4n) is 3.05. The van der Waals surface area contributed by atoms with Crippen molar-refractivity contribution in [2.75, 3.05) is 13.1 Å². The number of hydrogen-bond acceptors (Lipinski definition) is 4. The van der Waals surface area contributed by atoms with Crippen LogP contribution in [0.15, 0.2) is 4.90 Å². The highest BCUT2D eigenvalue weighted by atomic mass is 32.2. The second-order valence-electron chi connectivity index (χ2n) is 5.57. The number of nitrogens with two attached hydrogens (primary N) is 1. The van der Waals surface area contributed by atoms with E-state index < -0.39 is 10.0 Å². The third-order valence-corrected chi connectivity index (χ3v) is 6.46. The average Bonchev–Trinajstić information content (AvgIpc) is 2.77. The summed E-state index contributed by atoms with van der Waals surface area (Å²) in [6, 6.07) is -0.104. The van der Waals surface area contributed by atoms with Crippen molar-refractivity contribution in [1.82, 2.24) is 14.5 Å². The van der Waals surface area contributed by atoms with Gasteiger partial charge >= 0.3 is 0 Å². The van der Waals surface area contributed by atoms with E-state index in [-0.39, 0.29) is 6.04 Å². The topological polar surface area (TPSA) is 92.1 Å². The number of aromatic nitrogens is 2. The first kappa shape index (κ1) is 15.5. The van der Waals surface area contributed by atoms with Crippen LogP contribution in [0.4, 0.5) is 0 Å². The summed E-state index contributed by atoms with van der Waals surface area (Å²) < 4.78 is 27.3. The van der Waals surface area contributed by atoms with Crippen molar-refractivity contribution >= 4 is 10.0 Å². The number of nitrogens with zero attached hydrogens (tertiary/aromatic N) is 2. The Bertz CT molecular complexity index is 547. The van der Waals surface area contributed by atoms with Gasteiger partial charge in [0.2, 0.25) is 10.0 Å². The van der Waals surface area contributed by atoms with Gasteiger partial charge in [-0.05, 0) is 32.6 Å². The summed E-state index contributed by atoms with van der Waals surface area (Å²) in [4.78, 5) is 0.311. The molecule has 0 bridgehead atoms.